The zero-order chi connectivity index (χ0) is 12.4. The van der Waals surface area contributed by atoms with E-state index in [-0.39, 0.29) is 18.4 Å². The maximum Gasteiger partial charge on any atom is 0.223 e. The van der Waals surface area contributed by atoms with Crippen LogP contribution in [-0.4, -0.2) is 38.8 Å². The van der Waals surface area contributed by atoms with Crippen molar-refractivity contribution in [2.75, 3.05) is 13.2 Å². The second kappa shape index (κ2) is 4.87. The number of carbonyl (C=O) groups is 1. The summed E-state index contributed by atoms with van der Waals surface area (Å²) in [5.41, 5.74) is 2.16. The predicted octanol–water partition coefficient (Wildman–Crippen LogP) is 0.323. The van der Waals surface area contributed by atoms with Gasteiger partial charge in [0.05, 0.1) is 5.69 Å². The van der Waals surface area contributed by atoms with E-state index in [0.717, 1.165) is 17.7 Å². The molecule has 5 heteroatoms. The quantitative estimate of drug-likeness (QED) is 0.820. The fourth-order valence-corrected chi connectivity index (χ4v) is 2.35. The van der Waals surface area contributed by atoms with E-state index in [1.807, 2.05) is 18.1 Å². The van der Waals surface area contributed by atoms with E-state index >= 15 is 0 Å². The van der Waals surface area contributed by atoms with Gasteiger partial charge in [-0.3, -0.25) is 9.48 Å². The average molecular weight is 237 g/mol. The third-order valence-corrected chi connectivity index (χ3v) is 3.24. The van der Waals surface area contributed by atoms with Crippen LogP contribution in [0.4, 0.5) is 0 Å². The van der Waals surface area contributed by atoms with Crippen LogP contribution in [0.1, 0.15) is 24.6 Å². The summed E-state index contributed by atoms with van der Waals surface area (Å²) in [7, 11) is 1.89. The standard InChI is InChI=1S/C12H19N3O2/c1-3-11-10(6-14(2)13-11)7-15-5-9(8-16)4-12(15)17/h6,9,16H,3-5,7-8H2,1-2H3. The summed E-state index contributed by atoms with van der Waals surface area (Å²) in [6.07, 6.45) is 3.32. The van der Waals surface area contributed by atoms with E-state index in [4.69, 9.17) is 5.11 Å². The lowest BCUT2D eigenvalue weighted by atomic mass is 10.1. The molecule has 1 N–H and O–H groups in total. The summed E-state index contributed by atoms with van der Waals surface area (Å²) < 4.78 is 1.79. The molecular weight excluding hydrogens is 218 g/mol. The third kappa shape index (κ3) is 2.49. The van der Waals surface area contributed by atoms with Gasteiger partial charge >= 0.3 is 0 Å². The lowest BCUT2D eigenvalue weighted by Gasteiger charge is -2.15. The Labute approximate surface area is 101 Å². The van der Waals surface area contributed by atoms with Gasteiger partial charge in [-0.1, -0.05) is 6.92 Å². The van der Waals surface area contributed by atoms with Gasteiger partial charge in [0.1, 0.15) is 0 Å². The van der Waals surface area contributed by atoms with Crippen LogP contribution in [0, 0.1) is 5.92 Å². The molecule has 1 fully saturated rings. The number of amides is 1. The van der Waals surface area contributed by atoms with Gasteiger partial charge < -0.3 is 10.0 Å². The number of hydrogen-bond donors (Lipinski definition) is 1. The van der Waals surface area contributed by atoms with Crippen LogP contribution in [-0.2, 0) is 24.8 Å². The van der Waals surface area contributed by atoms with Crippen LogP contribution in [0.25, 0.3) is 0 Å². The molecule has 0 radical (unpaired) electrons. The second-order valence-electron chi connectivity index (χ2n) is 4.66. The summed E-state index contributed by atoms with van der Waals surface area (Å²) in [6, 6.07) is 0. The van der Waals surface area contributed by atoms with Gasteiger partial charge in [-0.2, -0.15) is 5.10 Å². The first-order valence-electron chi connectivity index (χ1n) is 6.04. The Morgan fingerprint density at radius 1 is 1.59 bits per heavy atom. The molecule has 1 aliphatic rings. The summed E-state index contributed by atoms with van der Waals surface area (Å²) in [6.45, 7) is 3.43. The number of rotatable bonds is 4. The van der Waals surface area contributed by atoms with Gasteiger partial charge in [-0.25, -0.2) is 0 Å². The van der Waals surface area contributed by atoms with Crippen molar-refractivity contribution >= 4 is 5.91 Å². The smallest absolute Gasteiger partial charge is 0.223 e. The van der Waals surface area contributed by atoms with Crippen LogP contribution in [0.2, 0.25) is 0 Å². The fraction of sp³-hybridized carbons (Fsp3) is 0.667. The number of aryl methyl sites for hydroxylation is 2. The van der Waals surface area contributed by atoms with Crippen molar-refractivity contribution in [1.29, 1.82) is 0 Å². The van der Waals surface area contributed by atoms with Crippen LogP contribution in [0.3, 0.4) is 0 Å². The van der Waals surface area contributed by atoms with Gasteiger partial charge in [0.2, 0.25) is 5.91 Å². The number of aliphatic hydroxyl groups is 1. The fourth-order valence-electron chi connectivity index (χ4n) is 2.35. The van der Waals surface area contributed by atoms with Crippen LogP contribution in [0.15, 0.2) is 6.20 Å². The van der Waals surface area contributed by atoms with Crippen LogP contribution >= 0.6 is 0 Å². The van der Waals surface area contributed by atoms with Crippen LogP contribution in [0.5, 0.6) is 0 Å². The third-order valence-electron chi connectivity index (χ3n) is 3.24. The SMILES string of the molecule is CCc1nn(C)cc1CN1CC(CO)CC1=O. The Hall–Kier alpha value is -1.36. The molecule has 1 atom stereocenters. The normalized spacial score (nSPS) is 20.3. The molecule has 0 saturated carbocycles. The molecule has 1 aliphatic heterocycles. The topological polar surface area (TPSA) is 58.4 Å². The van der Waals surface area contributed by atoms with Crippen molar-refractivity contribution in [3.05, 3.63) is 17.5 Å². The number of nitrogens with zero attached hydrogens (tertiary/aromatic N) is 3. The molecule has 17 heavy (non-hydrogen) atoms. The highest BCUT2D eigenvalue weighted by Gasteiger charge is 2.29. The number of carbonyl (C=O) groups excluding carboxylic acids is 1. The van der Waals surface area contributed by atoms with Crippen molar-refractivity contribution < 1.29 is 9.90 Å². The Morgan fingerprint density at radius 3 is 2.94 bits per heavy atom. The second-order valence-corrected chi connectivity index (χ2v) is 4.66. The van der Waals surface area contributed by atoms with E-state index < -0.39 is 0 Å². The number of hydrogen-bond acceptors (Lipinski definition) is 3. The van der Waals surface area contributed by atoms with E-state index in [9.17, 15) is 4.79 Å². The minimum atomic E-state index is 0.0932. The highest BCUT2D eigenvalue weighted by atomic mass is 16.3. The zero-order valence-electron chi connectivity index (χ0n) is 10.4. The van der Waals surface area contributed by atoms with E-state index in [1.165, 1.54) is 0 Å². The first-order chi connectivity index (χ1) is 8.13. The van der Waals surface area contributed by atoms with Gasteiger partial charge in [0, 0.05) is 50.8 Å². The predicted molar refractivity (Wildman–Crippen MR) is 63.2 cm³/mol. The van der Waals surface area contributed by atoms with Crippen molar-refractivity contribution in [1.82, 2.24) is 14.7 Å². The number of aliphatic hydroxyl groups excluding tert-OH is 1. The van der Waals surface area contributed by atoms with Crippen LogP contribution < -0.4 is 0 Å². The molecule has 1 aromatic heterocycles. The first-order valence-corrected chi connectivity index (χ1v) is 6.04. The van der Waals surface area contributed by atoms with Crippen molar-refractivity contribution in [2.45, 2.75) is 26.3 Å². The molecule has 0 bridgehead atoms. The summed E-state index contributed by atoms with van der Waals surface area (Å²) >= 11 is 0. The van der Waals surface area contributed by atoms with Gasteiger partial charge in [0.15, 0.2) is 0 Å². The molecule has 1 aromatic rings. The molecule has 1 saturated heterocycles. The summed E-state index contributed by atoms with van der Waals surface area (Å²) in [5.74, 6) is 0.235. The Bertz CT molecular complexity index is 414. The van der Waals surface area contributed by atoms with E-state index in [1.54, 1.807) is 4.68 Å². The summed E-state index contributed by atoms with van der Waals surface area (Å²) in [4.78, 5) is 13.6. The molecule has 0 spiro atoms. The molecule has 1 unspecified atom stereocenters. The Balaban J connectivity index is 2.08. The van der Waals surface area contributed by atoms with Gasteiger partial charge in [-0.15, -0.1) is 0 Å². The minimum Gasteiger partial charge on any atom is -0.396 e. The maximum absolute atomic E-state index is 11.7. The highest BCUT2D eigenvalue weighted by molar-refractivity contribution is 5.78. The molecule has 94 valence electrons. The molecule has 0 aromatic carbocycles. The van der Waals surface area contributed by atoms with Crippen molar-refractivity contribution in [2.24, 2.45) is 13.0 Å². The lowest BCUT2D eigenvalue weighted by molar-refractivity contribution is -0.128. The Kier molecular flexibility index (Phi) is 3.47. The summed E-state index contributed by atoms with van der Waals surface area (Å²) in [5, 5.41) is 13.4. The number of likely N-dealkylation sites (tertiary alicyclic amines) is 1. The minimum absolute atomic E-state index is 0.0932. The molecular formula is C12H19N3O2. The molecule has 0 aliphatic carbocycles. The lowest BCUT2D eigenvalue weighted by Crippen LogP contribution is -2.25. The molecule has 2 heterocycles. The molecule has 1 amide bonds. The monoisotopic (exact) mass is 237 g/mol. The highest BCUT2D eigenvalue weighted by Crippen LogP contribution is 2.20. The van der Waals surface area contributed by atoms with E-state index in [0.29, 0.717) is 19.5 Å². The first kappa shape index (κ1) is 12.1. The maximum atomic E-state index is 11.7. The molecule has 2 rings (SSSR count). The zero-order valence-corrected chi connectivity index (χ0v) is 10.4. The van der Waals surface area contributed by atoms with Crippen molar-refractivity contribution in [3.63, 3.8) is 0 Å². The Morgan fingerprint density at radius 2 is 2.35 bits per heavy atom. The average Bonchev–Trinajstić information content (AvgIpc) is 2.83. The molecule has 5 nitrogen and oxygen atoms in total. The van der Waals surface area contributed by atoms with Gasteiger partial charge in [-0.05, 0) is 6.42 Å². The largest absolute Gasteiger partial charge is 0.396 e. The van der Waals surface area contributed by atoms with Gasteiger partial charge in [0.25, 0.3) is 0 Å². The van der Waals surface area contributed by atoms with E-state index in [2.05, 4.69) is 12.0 Å². The number of aromatic nitrogens is 2. The van der Waals surface area contributed by atoms with Crippen molar-refractivity contribution in [3.8, 4) is 0 Å².